The fourth-order valence-electron chi connectivity index (χ4n) is 2.08. The van der Waals surface area contributed by atoms with Gasteiger partial charge in [0.15, 0.2) is 0 Å². The van der Waals surface area contributed by atoms with Gasteiger partial charge in [-0.05, 0) is 36.4 Å². The molecule has 0 aromatic heterocycles. The summed E-state index contributed by atoms with van der Waals surface area (Å²) in [6.07, 6.45) is 0. The zero-order valence-corrected chi connectivity index (χ0v) is 14.6. The monoisotopic (exact) mass is 420 g/mol. The summed E-state index contributed by atoms with van der Waals surface area (Å²) in [5.74, 6) is -8.40. The minimum atomic E-state index is -1.48. The molecular formula is C18H12O12. The average molecular weight is 420 g/mol. The number of carbonyl (C=O) groups is 6. The summed E-state index contributed by atoms with van der Waals surface area (Å²) in [6, 6.07) is 5.61. The third kappa shape index (κ3) is 5.63. The van der Waals surface area contributed by atoms with E-state index in [9.17, 15) is 28.8 Å². The first-order valence-corrected chi connectivity index (χ1v) is 7.54. The Balaban J connectivity index is 0.000000300. The van der Waals surface area contributed by atoms with Crippen LogP contribution in [0.25, 0.3) is 0 Å². The molecule has 12 heteroatoms. The topological polar surface area (TPSA) is 224 Å². The number of rotatable bonds is 6. The zero-order chi connectivity index (χ0) is 23.2. The highest BCUT2D eigenvalue weighted by Gasteiger charge is 2.19. The van der Waals surface area contributed by atoms with Crippen molar-refractivity contribution in [3.63, 3.8) is 0 Å². The fraction of sp³-hybridized carbons (Fsp3) is 0. The molecule has 0 fully saturated rings. The van der Waals surface area contributed by atoms with Crippen LogP contribution in [0.5, 0.6) is 0 Å². The summed E-state index contributed by atoms with van der Waals surface area (Å²) in [5.41, 5.74) is -2.49. The lowest BCUT2D eigenvalue weighted by Gasteiger charge is -2.02. The highest BCUT2D eigenvalue weighted by atomic mass is 16.4. The largest absolute Gasteiger partial charge is 0.478 e. The van der Waals surface area contributed by atoms with E-state index in [-0.39, 0.29) is 11.1 Å². The standard InChI is InChI=1S/2C9H6O6/c2*10-7(11)4-1-2-5(8(12)13)6(3-4)9(14)15/h2*1-3H,(H,10,11)(H,12,13)(H,14,15). The van der Waals surface area contributed by atoms with E-state index in [2.05, 4.69) is 0 Å². The summed E-state index contributed by atoms with van der Waals surface area (Å²) in [7, 11) is 0. The van der Waals surface area contributed by atoms with Crippen molar-refractivity contribution >= 4 is 35.8 Å². The highest BCUT2D eigenvalue weighted by Crippen LogP contribution is 2.13. The molecule has 0 aliphatic carbocycles. The van der Waals surface area contributed by atoms with Crippen molar-refractivity contribution in [1.82, 2.24) is 0 Å². The molecule has 0 bridgehead atoms. The molecule has 2 aromatic carbocycles. The second-order valence-electron chi connectivity index (χ2n) is 5.35. The van der Waals surface area contributed by atoms with Crippen LogP contribution in [0.4, 0.5) is 0 Å². The van der Waals surface area contributed by atoms with Gasteiger partial charge >= 0.3 is 35.8 Å². The Bertz CT molecular complexity index is 981. The molecular weight excluding hydrogens is 408 g/mol. The zero-order valence-electron chi connectivity index (χ0n) is 14.6. The first-order valence-electron chi connectivity index (χ1n) is 7.54. The van der Waals surface area contributed by atoms with Crippen molar-refractivity contribution in [2.45, 2.75) is 0 Å². The van der Waals surface area contributed by atoms with E-state index >= 15 is 0 Å². The molecule has 2 aromatic rings. The number of hydrogen-bond acceptors (Lipinski definition) is 6. The molecule has 12 nitrogen and oxygen atoms in total. The van der Waals surface area contributed by atoms with Crippen molar-refractivity contribution < 1.29 is 59.4 Å². The van der Waals surface area contributed by atoms with E-state index < -0.39 is 58.1 Å². The Morgan fingerprint density at radius 3 is 0.867 bits per heavy atom. The predicted octanol–water partition coefficient (Wildman–Crippen LogP) is 1.56. The van der Waals surface area contributed by atoms with Crippen molar-refractivity contribution in [2.75, 3.05) is 0 Å². The maximum absolute atomic E-state index is 10.6. The van der Waals surface area contributed by atoms with Crippen molar-refractivity contribution in [3.8, 4) is 0 Å². The Morgan fingerprint density at radius 1 is 0.400 bits per heavy atom. The van der Waals surface area contributed by atoms with Crippen molar-refractivity contribution in [3.05, 3.63) is 69.8 Å². The second-order valence-corrected chi connectivity index (χ2v) is 5.35. The van der Waals surface area contributed by atoms with E-state index in [1.165, 1.54) is 0 Å². The van der Waals surface area contributed by atoms with Gasteiger partial charge in [0.2, 0.25) is 0 Å². The number of carboxylic acid groups (broad SMARTS) is 6. The molecule has 6 N–H and O–H groups in total. The van der Waals surface area contributed by atoms with Gasteiger partial charge in [-0.25, -0.2) is 28.8 Å². The van der Waals surface area contributed by atoms with Crippen LogP contribution < -0.4 is 0 Å². The van der Waals surface area contributed by atoms with Gasteiger partial charge in [0.1, 0.15) is 0 Å². The molecule has 0 radical (unpaired) electrons. The molecule has 156 valence electrons. The van der Waals surface area contributed by atoms with Gasteiger partial charge in [0, 0.05) is 0 Å². The van der Waals surface area contributed by atoms with E-state index in [0.717, 1.165) is 36.4 Å². The molecule has 30 heavy (non-hydrogen) atoms. The Labute approximate surface area is 165 Å². The molecule has 0 saturated carbocycles. The van der Waals surface area contributed by atoms with Crippen LogP contribution in [0, 0.1) is 0 Å². The molecule has 0 heterocycles. The summed E-state index contributed by atoms with van der Waals surface area (Å²) in [6.45, 7) is 0. The predicted molar refractivity (Wildman–Crippen MR) is 94.6 cm³/mol. The summed E-state index contributed by atoms with van der Waals surface area (Å²) in [5, 5.41) is 51.8. The van der Waals surface area contributed by atoms with Crippen LogP contribution in [-0.4, -0.2) is 66.5 Å². The average Bonchev–Trinajstić information content (AvgIpc) is 2.67. The fourth-order valence-corrected chi connectivity index (χ4v) is 2.08. The molecule has 0 aliphatic rings. The Kier molecular flexibility index (Phi) is 7.34. The minimum absolute atomic E-state index is 0.266. The highest BCUT2D eigenvalue weighted by molar-refractivity contribution is 6.04. The lowest BCUT2D eigenvalue weighted by Crippen LogP contribution is -2.10. The summed E-state index contributed by atoms with van der Waals surface area (Å²) in [4.78, 5) is 63.5. The Morgan fingerprint density at radius 2 is 0.667 bits per heavy atom. The minimum Gasteiger partial charge on any atom is -0.478 e. The molecule has 0 saturated heterocycles. The summed E-state index contributed by atoms with van der Waals surface area (Å²) < 4.78 is 0. The third-order valence-corrected chi connectivity index (χ3v) is 3.45. The molecule has 0 unspecified atom stereocenters. The number of hydrogen-bond donors (Lipinski definition) is 6. The molecule has 0 atom stereocenters. The quantitative estimate of drug-likeness (QED) is 0.391. The van der Waals surface area contributed by atoms with Crippen molar-refractivity contribution in [2.24, 2.45) is 0 Å². The van der Waals surface area contributed by atoms with Gasteiger partial charge < -0.3 is 30.6 Å². The number of aromatic carboxylic acids is 6. The smallest absolute Gasteiger partial charge is 0.336 e. The number of benzene rings is 2. The van der Waals surface area contributed by atoms with Crippen LogP contribution >= 0.6 is 0 Å². The Hall–Kier alpha value is -4.74. The van der Waals surface area contributed by atoms with Crippen LogP contribution in [0.15, 0.2) is 36.4 Å². The van der Waals surface area contributed by atoms with E-state index in [1.54, 1.807) is 0 Å². The lowest BCUT2D eigenvalue weighted by molar-refractivity contribution is 0.0648. The van der Waals surface area contributed by atoms with Gasteiger partial charge in [-0.15, -0.1) is 0 Å². The molecule has 0 amide bonds. The van der Waals surface area contributed by atoms with Gasteiger partial charge in [-0.2, -0.15) is 0 Å². The molecule has 0 spiro atoms. The SMILES string of the molecule is O=C(O)c1ccc(C(=O)O)c(C(=O)O)c1.O=C(O)c1ccc(C(=O)O)c(C(=O)O)c1. The third-order valence-electron chi connectivity index (χ3n) is 3.45. The van der Waals surface area contributed by atoms with Crippen LogP contribution in [-0.2, 0) is 0 Å². The first kappa shape index (κ1) is 23.3. The molecule has 2 rings (SSSR count). The van der Waals surface area contributed by atoms with Gasteiger partial charge in [0.25, 0.3) is 0 Å². The van der Waals surface area contributed by atoms with E-state index in [1.807, 2.05) is 0 Å². The van der Waals surface area contributed by atoms with Crippen molar-refractivity contribution in [1.29, 1.82) is 0 Å². The number of carboxylic acids is 6. The molecule has 0 aliphatic heterocycles. The lowest BCUT2D eigenvalue weighted by atomic mass is 10.0. The van der Waals surface area contributed by atoms with Gasteiger partial charge in [-0.1, -0.05) is 0 Å². The van der Waals surface area contributed by atoms with E-state index in [4.69, 9.17) is 30.6 Å². The van der Waals surface area contributed by atoms with E-state index in [0.29, 0.717) is 0 Å². The van der Waals surface area contributed by atoms with Gasteiger partial charge in [0.05, 0.1) is 33.4 Å². The van der Waals surface area contributed by atoms with Crippen LogP contribution in [0.3, 0.4) is 0 Å². The first-order chi connectivity index (χ1) is 13.9. The maximum atomic E-state index is 10.6. The second kappa shape index (κ2) is 9.45. The van der Waals surface area contributed by atoms with Crippen LogP contribution in [0.2, 0.25) is 0 Å². The normalized spacial score (nSPS) is 9.60. The van der Waals surface area contributed by atoms with Gasteiger partial charge in [-0.3, -0.25) is 0 Å². The van der Waals surface area contributed by atoms with Crippen LogP contribution in [0.1, 0.15) is 62.1 Å². The maximum Gasteiger partial charge on any atom is 0.336 e. The summed E-state index contributed by atoms with van der Waals surface area (Å²) >= 11 is 0.